The van der Waals surface area contributed by atoms with E-state index in [1.807, 2.05) is 0 Å². The van der Waals surface area contributed by atoms with E-state index in [4.69, 9.17) is 9.11 Å². The fourth-order valence-corrected chi connectivity index (χ4v) is 3.01. The molecular formula is C9H12O6S2. The van der Waals surface area contributed by atoms with E-state index in [0.29, 0.717) is 0 Å². The SMILES string of the molecule is O=S(=O)(O)CCC(c1ccccc1)S(=O)(=O)O. The van der Waals surface area contributed by atoms with Gasteiger partial charge in [-0.1, -0.05) is 30.3 Å². The van der Waals surface area contributed by atoms with Gasteiger partial charge in [0, 0.05) is 0 Å². The molecule has 1 rings (SSSR count). The van der Waals surface area contributed by atoms with Crippen molar-refractivity contribution in [2.45, 2.75) is 11.7 Å². The summed E-state index contributed by atoms with van der Waals surface area (Å²) < 4.78 is 61.0. The largest absolute Gasteiger partial charge is 0.286 e. The molecule has 0 fully saturated rings. The molecule has 8 heteroatoms. The maximum absolute atomic E-state index is 11.1. The highest BCUT2D eigenvalue weighted by atomic mass is 32.2. The van der Waals surface area contributed by atoms with Crippen LogP contribution in [0, 0.1) is 0 Å². The summed E-state index contributed by atoms with van der Waals surface area (Å²) >= 11 is 0. The summed E-state index contributed by atoms with van der Waals surface area (Å²) in [5, 5.41) is -1.36. The molecule has 0 aliphatic heterocycles. The molecule has 0 bridgehead atoms. The third kappa shape index (κ3) is 4.82. The normalized spacial score (nSPS) is 14.5. The highest BCUT2D eigenvalue weighted by Gasteiger charge is 2.26. The van der Waals surface area contributed by atoms with E-state index >= 15 is 0 Å². The minimum Gasteiger partial charge on any atom is -0.286 e. The Hall–Kier alpha value is -0.960. The molecule has 17 heavy (non-hydrogen) atoms. The molecular weight excluding hydrogens is 268 g/mol. The summed E-state index contributed by atoms with van der Waals surface area (Å²) in [7, 11) is -8.68. The maximum atomic E-state index is 11.1. The van der Waals surface area contributed by atoms with E-state index in [2.05, 4.69) is 0 Å². The second-order valence-electron chi connectivity index (χ2n) is 3.49. The lowest BCUT2D eigenvalue weighted by Crippen LogP contribution is -2.16. The van der Waals surface area contributed by atoms with Crippen molar-refractivity contribution in [3.63, 3.8) is 0 Å². The summed E-state index contributed by atoms with van der Waals surface area (Å²) in [4.78, 5) is 0. The third-order valence-corrected chi connectivity index (χ3v) is 4.15. The Morgan fingerprint density at radius 3 is 1.94 bits per heavy atom. The zero-order valence-electron chi connectivity index (χ0n) is 8.72. The van der Waals surface area contributed by atoms with Gasteiger partial charge in [-0.05, 0) is 12.0 Å². The first-order chi connectivity index (χ1) is 7.70. The molecule has 0 aliphatic carbocycles. The van der Waals surface area contributed by atoms with Crippen LogP contribution in [-0.4, -0.2) is 31.7 Å². The van der Waals surface area contributed by atoms with Crippen LogP contribution in [0.1, 0.15) is 17.2 Å². The molecule has 1 aromatic rings. The van der Waals surface area contributed by atoms with E-state index in [1.54, 1.807) is 18.2 Å². The summed E-state index contributed by atoms with van der Waals surface area (Å²) in [5.74, 6) is -0.730. The van der Waals surface area contributed by atoms with Crippen molar-refractivity contribution in [1.29, 1.82) is 0 Å². The molecule has 0 saturated carbocycles. The van der Waals surface area contributed by atoms with E-state index < -0.39 is 37.7 Å². The smallest absolute Gasteiger partial charge is 0.272 e. The van der Waals surface area contributed by atoms with Crippen LogP contribution in [0.4, 0.5) is 0 Å². The van der Waals surface area contributed by atoms with Gasteiger partial charge in [-0.15, -0.1) is 0 Å². The summed E-state index contributed by atoms with van der Waals surface area (Å²) in [6, 6.07) is 7.72. The highest BCUT2D eigenvalue weighted by Crippen LogP contribution is 2.25. The third-order valence-electron chi connectivity index (χ3n) is 2.17. The van der Waals surface area contributed by atoms with Crippen molar-refractivity contribution in [3.8, 4) is 0 Å². The molecule has 0 amide bonds. The van der Waals surface area contributed by atoms with Gasteiger partial charge in [0.2, 0.25) is 0 Å². The predicted molar refractivity (Wildman–Crippen MR) is 61.8 cm³/mol. The van der Waals surface area contributed by atoms with Crippen molar-refractivity contribution in [1.82, 2.24) is 0 Å². The molecule has 0 saturated heterocycles. The minimum atomic E-state index is -4.42. The molecule has 0 aromatic heterocycles. The molecule has 2 N–H and O–H groups in total. The Morgan fingerprint density at radius 1 is 1.00 bits per heavy atom. The van der Waals surface area contributed by atoms with Crippen LogP contribution in [0.2, 0.25) is 0 Å². The topological polar surface area (TPSA) is 109 Å². The van der Waals surface area contributed by atoms with Crippen LogP contribution in [0.15, 0.2) is 30.3 Å². The van der Waals surface area contributed by atoms with E-state index in [1.165, 1.54) is 12.1 Å². The second kappa shape index (κ2) is 5.13. The highest BCUT2D eigenvalue weighted by molar-refractivity contribution is 7.86. The van der Waals surface area contributed by atoms with Crippen LogP contribution in [-0.2, 0) is 20.2 Å². The number of rotatable bonds is 5. The summed E-state index contributed by atoms with van der Waals surface area (Å²) in [5.41, 5.74) is 0.277. The maximum Gasteiger partial charge on any atom is 0.272 e. The fourth-order valence-electron chi connectivity index (χ4n) is 1.41. The van der Waals surface area contributed by atoms with Crippen molar-refractivity contribution in [3.05, 3.63) is 35.9 Å². The Kier molecular flexibility index (Phi) is 4.26. The second-order valence-corrected chi connectivity index (χ2v) is 6.66. The van der Waals surface area contributed by atoms with Crippen LogP contribution in [0.5, 0.6) is 0 Å². The van der Waals surface area contributed by atoms with Gasteiger partial charge in [0.1, 0.15) is 5.25 Å². The molecule has 1 unspecified atom stereocenters. The molecule has 0 spiro atoms. The predicted octanol–water partition coefficient (Wildman–Crippen LogP) is 0.893. The Morgan fingerprint density at radius 2 is 1.53 bits per heavy atom. The standard InChI is InChI=1S/C9H12O6S2/c10-16(11,12)7-6-9(17(13,14)15)8-4-2-1-3-5-8/h1-5,9H,6-7H2,(H,10,11,12)(H,13,14,15). The van der Waals surface area contributed by atoms with Crippen molar-refractivity contribution in [2.75, 3.05) is 5.75 Å². The Balaban J connectivity index is 2.99. The lowest BCUT2D eigenvalue weighted by molar-refractivity contribution is 0.462. The van der Waals surface area contributed by atoms with Crippen LogP contribution < -0.4 is 0 Å². The van der Waals surface area contributed by atoms with E-state index in [-0.39, 0.29) is 5.56 Å². The van der Waals surface area contributed by atoms with E-state index in [0.717, 1.165) is 0 Å². The average Bonchev–Trinajstić information content (AvgIpc) is 2.15. The van der Waals surface area contributed by atoms with Gasteiger partial charge in [-0.2, -0.15) is 16.8 Å². The van der Waals surface area contributed by atoms with Gasteiger partial charge in [-0.25, -0.2) is 0 Å². The first-order valence-corrected chi connectivity index (χ1v) is 7.78. The summed E-state index contributed by atoms with van der Waals surface area (Å²) in [6.45, 7) is 0. The van der Waals surface area contributed by atoms with Crippen molar-refractivity contribution < 1.29 is 25.9 Å². The molecule has 6 nitrogen and oxygen atoms in total. The average molecular weight is 280 g/mol. The minimum absolute atomic E-state index is 0.277. The van der Waals surface area contributed by atoms with Gasteiger partial charge in [-0.3, -0.25) is 9.11 Å². The molecule has 1 atom stereocenters. The van der Waals surface area contributed by atoms with Gasteiger partial charge in [0.15, 0.2) is 0 Å². The van der Waals surface area contributed by atoms with Gasteiger partial charge in [0.05, 0.1) is 5.75 Å². The first-order valence-electron chi connectivity index (χ1n) is 4.66. The first kappa shape index (κ1) is 14.1. The quantitative estimate of drug-likeness (QED) is 0.775. The van der Waals surface area contributed by atoms with Crippen LogP contribution >= 0.6 is 0 Å². The monoisotopic (exact) mass is 280 g/mol. The van der Waals surface area contributed by atoms with Crippen LogP contribution in [0.3, 0.4) is 0 Å². The molecule has 0 aliphatic rings. The fraction of sp³-hybridized carbons (Fsp3) is 0.333. The van der Waals surface area contributed by atoms with Gasteiger partial charge >= 0.3 is 0 Å². The zero-order valence-corrected chi connectivity index (χ0v) is 10.4. The molecule has 1 aromatic carbocycles. The molecule has 0 radical (unpaired) electrons. The van der Waals surface area contributed by atoms with E-state index in [9.17, 15) is 16.8 Å². The number of benzene rings is 1. The number of hydrogen-bond acceptors (Lipinski definition) is 4. The van der Waals surface area contributed by atoms with Crippen molar-refractivity contribution >= 4 is 20.2 Å². The zero-order chi connectivity index (χ0) is 13.1. The van der Waals surface area contributed by atoms with Gasteiger partial charge in [0.25, 0.3) is 20.2 Å². The lowest BCUT2D eigenvalue weighted by Gasteiger charge is -2.13. The Bertz CT molecular complexity index is 561. The Labute approximate surface area is 99.8 Å². The van der Waals surface area contributed by atoms with Crippen molar-refractivity contribution in [2.24, 2.45) is 0 Å². The number of hydrogen-bond donors (Lipinski definition) is 2. The molecule has 96 valence electrons. The summed E-state index contributed by atoms with van der Waals surface area (Å²) in [6.07, 6.45) is -0.401. The van der Waals surface area contributed by atoms with Crippen LogP contribution in [0.25, 0.3) is 0 Å². The lowest BCUT2D eigenvalue weighted by atomic mass is 10.1. The molecule has 0 heterocycles. The van der Waals surface area contributed by atoms with Gasteiger partial charge < -0.3 is 0 Å².